The summed E-state index contributed by atoms with van der Waals surface area (Å²) in [6.45, 7) is 3.68. The zero-order chi connectivity index (χ0) is 17.0. The predicted octanol–water partition coefficient (Wildman–Crippen LogP) is 3.78. The number of rotatable bonds is 5. The van der Waals surface area contributed by atoms with Gasteiger partial charge in [-0.05, 0) is 55.3 Å². The van der Waals surface area contributed by atoms with Crippen molar-refractivity contribution >= 4 is 33.5 Å². The third kappa shape index (κ3) is 4.56. The summed E-state index contributed by atoms with van der Waals surface area (Å²) >= 11 is 3.20. The molecule has 0 aromatic heterocycles. The minimum atomic E-state index is -1.11. The second-order valence-corrected chi connectivity index (χ2v) is 6.00. The zero-order valence-corrected chi connectivity index (χ0v) is 14.3. The Morgan fingerprint density at radius 1 is 1.13 bits per heavy atom. The molecule has 120 valence electrons. The van der Waals surface area contributed by atoms with Crippen molar-refractivity contribution in [1.29, 1.82) is 0 Å². The molecule has 2 N–H and O–H groups in total. The molecular weight excluding hydrogens is 362 g/mol. The summed E-state index contributed by atoms with van der Waals surface area (Å²) in [6.07, 6.45) is 0. The van der Waals surface area contributed by atoms with Crippen LogP contribution in [0.2, 0.25) is 0 Å². The molecule has 0 aliphatic heterocycles. The Labute approximate surface area is 142 Å². The van der Waals surface area contributed by atoms with Crippen LogP contribution in [0.15, 0.2) is 40.9 Å². The van der Waals surface area contributed by atoms with E-state index >= 15 is 0 Å². The second kappa shape index (κ2) is 7.28. The molecule has 6 heteroatoms. The van der Waals surface area contributed by atoms with Gasteiger partial charge in [-0.15, -0.1) is 0 Å². The van der Waals surface area contributed by atoms with Crippen molar-refractivity contribution in [3.8, 4) is 5.75 Å². The highest BCUT2D eigenvalue weighted by Crippen LogP contribution is 2.23. The molecular formula is C17H16BrNO4. The molecule has 0 aliphatic carbocycles. The lowest BCUT2D eigenvalue weighted by Crippen LogP contribution is -2.21. The quantitative estimate of drug-likeness (QED) is 0.830. The standard InChI is InChI=1S/C17H16BrNO4/c1-10-3-5-13(7-11(10)2)19-16(20)9-23-15-6-4-12(18)8-14(15)17(21)22/h3-8H,9H2,1-2H3,(H,19,20)(H,21,22). The highest BCUT2D eigenvalue weighted by Gasteiger charge is 2.13. The van der Waals surface area contributed by atoms with Crippen LogP contribution in [-0.2, 0) is 4.79 Å². The fraction of sp³-hybridized carbons (Fsp3) is 0.176. The van der Waals surface area contributed by atoms with Crippen LogP contribution >= 0.6 is 15.9 Å². The molecule has 0 saturated carbocycles. The number of carboxylic acid groups (broad SMARTS) is 1. The highest BCUT2D eigenvalue weighted by molar-refractivity contribution is 9.10. The molecule has 0 heterocycles. The number of carbonyl (C=O) groups excluding carboxylic acids is 1. The summed E-state index contributed by atoms with van der Waals surface area (Å²) in [7, 11) is 0. The van der Waals surface area contributed by atoms with Gasteiger partial charge in [0, 0.05) is 10.2 Å². The van der Waals surface area contributed by atoms with Crippen molar-refractivity contribution in [2.75, 3.05) is 11.9 Å². The van der Waals surface area contributed by atoms with Gasteiger partial charge in [0.1, 0.15) is 11.3 Å². The molecule has 0 radical (unpaired) electrons. The molecule has 0 spiro atoms. The van der Waals surface area contributed by atoms with Gasteiger partial charge >= 0.3 is 5.97 Å². The zero-order valence-electron chi connectivity index (χ0n) is 12.7. The average molecular weight is 378 g/mol. The van der Waals surface area contributed by atoms with E-state index in [1.54, 1.807) is 6.07 Å². The van der Waals surface area contributed by atoms with Crippen LogP contribution in [0.4, 0.5) is 5.69 Å². The van der Waals surface area contributed by atoms with Gasteiger partial charge in [0.2, 0.25) is 0 Å². The Kier molecular flexibility index (Phi) is 5.39. The number of hydrogen-bond acceptors (Lipinski definition) is 3. The minimum Gasteiger partial charge on any atom is -0.483 e. The van der Waals surface area contributed by atoms with E-state index in [0.717, 1.165) is 11.1 Å². The number of amides is 1. The Hall–Kier alpha value is -2.34. The monoisotopic (exact) mass is 377 g/mol. The molecule has 0 aliphatic rings. The van der Waals surface area contributed by atoms with Crippen LogP contribution in [0, 0.1) is 13.8 Å². The number of carbonyl (C=O) groups is 2. The van der Waals surface area contributed by atoms with Crippen molar-refractivity contribution in [3.63, 3.8) is 0 Å². The van der Waals surface area contributed by atoms with Crippen molar-refractivity contribution in [2.24, 2.45) is 0 Å². The van der Waals surface area contributed by atoms with E-state index in [2.05, 4.69) is 21.2 Å². The van der Waals surface area contributed by atoms with Crippen LogP contribution in [0.1, 0.15) is 21.5 Å². The van der Waals surface area contributed by atoms with Gasteiger partial charge in [-0.1, -0.05) is 22.0 Å². The van der Waals surface area contributed by atoms with Gasteiger partial charge in [0.15, 0.2) is 6.61 Å². The summed E-state index contributed by atoms with van der Waals surface area (Å²) in [6, 6.07) is 10.2. The third-order valence-corrected chi connectivity index (χ3v) is 3.81. The fourth-order valence-electron chi connectivity index (χ4n) is 1.95. The fourth-order valence-corrected chi connectivity index (χ4v) is 2.32. The maximum Gasteiger partial charge on any atom is 0.339 e. The normalized spacial score (nSPS) is 10.2. The first-order chi connectivity index (χ1) is 10.9. The lowest BCUT2D eigenvalue weighted by molar-refractivity contribution is -0.118. The number of anilines is 1. The Morgan fingerprint density at radius 2 is 1.87 bits per heavy atom. The predicted molar refractivity (Wildman–Crippen MR) is 91.1 cm³/mol. The molecule has 2 aromatic carbocycles. The third-order valence-electron chi connectivity index (χ3n) is 3.32. The summed E-state index contributed by atoms with van der Waals surface area (Å²) in [5, 5.41) is 11.9. The van der Waals surface area contributed by atoms with E-state index in [0.29, 0.717) is 10.2 Å². The second-order valence-electron chi connectivity index (χ2n) is 5.08. The number of hydrogen-bond donors (Lipinski definition) is 2. The molecule has 5 nitrogen and oxygen atoms in total. The largest absolute Gasteiger partial charge is 0.483 e. The topological polar surface area (TPSA) is 75.6 Å². The van der Waals surface area contributed by atoms with Crippen LogP contribution in [0.25, 0.3) is 0 Å². The highest BCUT2D eigenvalue weighted by atomic mass is 79.9. The number of ether oxygens (including phenoxy) is 1. The number of aryl methyl sites for hydroxylation is 2. The van der Waals surface area contributed by atoms with E-state index in [9.17, 15) is 9.59 Å². The molecule has 0 saturated heterocycles. The van der Waals surface area contributed by atoms with E-state index in [-0.39, 0.29) is 23.8 Å². The molecule has 1 amide bonds. The molecule has 0 atom stereocenters. The first-order valence-corrected chi connectivity index (χ1v) is 7.69. The molecule has 0 unspecified atom stereocenters. The van der Waals surface area contributed by atoms with Crippen LogP contribution in [0.5, 0.6) is 5.75 Å². The maximum atomic E-state index is 11.9. The van der Waals surface area contributed by atoms with Gasteiger partial charge in [-0.25, -0.2) is 4.79 Å². The lowest BCUT2D eigenvalue weighted by Gasteiger charge is -2.11. The minimum absolute atomic E-state index is 0.00152. The number of aromatic carboxylic acids is 1. The number of nitrogens with one attached hydrogen (secondary N) is 1. The summed E-state index contributed by atoms with van der Waals surface area (Å²) in [5.74, 6) is -1.32. The lowest BCUT2D eigenvalue weighted by atomic mass is 10.1. The first-order valence-electron chi connectivity index (χ1n) is 6.89. The van der Waals surface area contributed by atoms with E-state index in [1.807, 2.05) is 32.0 Å². The van der Waals surface area contributed by atoms with Crippen LogP contribution < -0.4 is 10.1 Å². The molecule has 2 aromatic rings. The van der Waals surface area contributed by atoms with Crippen LogP contribution in [-0.4, -0.2) is 23.6 Å². The van der Waals surface area contributed by atoms with Crippen molar-refractivity contribution in [3.05, 3.63) is 57.6 Å². The van der Waals surface area contributed by atoms with Crippen molar-refractivity contribution in [2.45, 2.75) is 13.8 Å². The smallest absolute Gasteiger partial charge is 0.339 e. The Bertz CT molecular complexity index is 758. The summed E-state index contributed by atoms with van der Waals surface area (Å²) < 4.78 is 5.95. The summed E-state index contributed by atoms with van der Waals surface area (Å²) in [4.78, 5) is 23.1. The Balaban J connectivity index is 2.02. The summed E-state index contributed by atoms with van der Waals surface area (Å²) in [5.41, 5.74) is 2.89. The Morgan fingerprint density at radius 3 is 2.52 bits per heavy atom. The number of halogens is 1. The van der Waals surface area contributed by atoms with E-state index in [4.69, 9.17) is 9.84 Å². The maximum absolute atomic E-state index is 11.9. The molecule has 0 bridgehead atoms. The number of benzene rings is 2. The number of carboxylic acids is 1. The van der Waals surface area contributed by atoms with Gasteiger partial charge in [0.25, 0.3) is 5.91 Å². The first kappa shape index (κ1) is 17.0. The average Bonchev–Trinajstić information content (AvgIpc) is 2.49. The molecule has 0 fully saturated rings. The van der Waals surface area contributed by atoms with E-state index in [1.165, 1.54) is 12.1 Å². The van der Waals surface area contributed by atoms with Crippen molar-refractivity contribution in [1.82, 2.24) is 0 Å². The molecule has 23 heavy (non-hydrogen) atoms. The molecule has 2 rings (SSSR count). The SMILES string of the molecule is Cc1ccc(NC(=O)COc2ccc(Br)cc2C(=O)O)cc1C. The van der Waals surface area contributed by atoms with Gasteiger partial charge in [-0.3, -0.25) is 4.79 Å². The van der Waals surface area contributed by atoms with Gasteiger partial charge in [0.05, 0.1) is 0 Å². The van der Waals surface area contributed by atoms with Crippen LogP contribution in [0.3, 0.4) is 0 Å². The van der Waals surface area contributed by atoms with Gasteiger partial charge in [-0.2, -0.15) is 0 Å². The van der Waals surface area contributed by atoms with Crippen molar-refractivity contribution < 1.29 is 19.4 Å². The van der Waals surface area contributed by atoms with Gasteiger partial charge < -0.3 is 15.2 Å². The van der Waals surface area contributed by atoms with E-state index < -0.39 is 5.97 Å².